The maximum Gasteiger partial charge on any atom is 0.322 e. The van der Waals surface area contributed by atoms with Crippen molar-refractivity contribution in [1.29, 1.82) is 0 Å². The fraction of sp³-hybridized carbons (Fsp3) is 0.286. The molecule has 0 bridgehead atoms. The van der Waals surface area contributed by atoms with E-state index in [4.69, 9.17) is 10.5 Å². The lowest BCUT2D eigenvalue weighted by Crippen LogP contribution is -2.02. The molecule has 1 aromatic heterocycles. The summed E-state index contributed by atoms with van der Waals surface area (Å²) < 4.78 is 5.66. The van der Waals surface area contributed by atoms with Crippen molar-refractivity contribution in [2.75, 3.05) is 6.54 Å². The predicted molar refractivity (Wildman–Crippen MR) is 70.8 cm³/mol. The smallest absolute Gasteiger partial charge is 0.322 e. The van der Waals surface area contributed by atoms with Gasteiger partial charge in [-0.15, -0.1) is 0 Å². The van der Waals surface area contributed by atoms with E-state index in [2.05, 4.69) is 9.97 Å². The largest absolute Gasteiger partial charge is 0.424 e. The van der Waals surface area contributed by atoms with Gasteiger partial charge in [0.05, 0.1) is 0 Å². The van der Waals surface area contributed by atoms with E-state index in [9.17, 15) is 0 Å². The van der Waals surface area contributed by atoms with Gasteiger partial charge in [-0.3, -0.25) is 0 Å². The van der Waals surface area contributed by atoms with Crippen molar-refractivity contribution < 1.29 is 4.74 Å². The van der Waals surface area contributed by atoms with Crippen LogP contribution in [0.15, 0.2) is 30.3 Å². The number of hydrogen-bond donors (Lipinski definition) is 1. The Bertz CT molecular complexity index is 520. The van der Waals surface area contributed by atoms with Crippen LogP contribution >= 0.6 is 0 Å². The number of aryl methyl sites for hydroxylation is 2. The van der Waals surface area contributed by atoms with Gasteiger partial charge in [-0.05, 0) is 50.6 Å². The molecule has 0 aliphatic rings. The van der Waals surface area contributed by atoms with E-state index in [1.165, 1.54) is 0 Å². The average Bonchev–Trinajstić information content (AvgIpc) is 2.28. The topological polar surface area (TPSA) is 61.0 Å². The van der Waals surface area contributed by atoms with E-state index >= 15 is 0 Å². The molecule has 1 heterocycles. The van der Waals surface area contributed by atoms with Crippen LogP contribution in [-0.2, 0) is 6.42 Å². The summed E-state index contributed by atoms with van der Waals surface area (Å²) in [5.41, 5.74) is 8.49. The predicted octanol–water partition coefficient (Wildman–Crippen LogP) is 2.39. The number of ether oxygens (including phenoxy) is 1. The van der Waals surface area contributed by atoms with Crippen LogP contribution in [0.25, 0.3) is 0 Å². The number of benzene rings is 1. The summed E-state index contributed by atoms with van der Waals surface area (Å²) in [5, 5.41) is 0. The maximum atomic E-state index is 5.66. The Morgan fingerprint density at radius 3 is 2.50 bits per heavy atom. The summed E-state index contributed by atoms with van der Waals surface area (Å²) in [7, 11) is 0. The van der Waals surface area contributed by atoms with E-state index in [-0.39, 0.29) is 0 Å². The van der Waals surface area contributed by atoms with Crippen molar-refractivity contribution in [2.24, 2.45) is 5.73 Å². The van der Waals surface area contributed by atoms with Crippen molar-refractivity contribution in [1.82, 2.24) is 9.97 Å². The average molecular weight is 243 g/mol. The Labute approximate surface area is 107 Å². The van der Waals surface area contributed by atoms with Crippen LogP contribution in [0.1, 0.15) is 17.0 Å². The molecule has 0 fully saturated rings. The molecule has 4 nitrogen and oxygen atoms in total. The normalized spacial score (nSPS) is 10.4. The lowest BCUT2D eigenvalue weighted by Gasteiger charge is -2.07. The van der Waals surface area contributed by atoms with Crippen LogP contribution in [-0.4, -0.2) is 16.5 Å². The van der Waals surface area contributed by atoms with Crippen LogP contribution in [0, 0.1) is 13.8 Å². The second-order valence-corrected chi connectivity index (χ2v) is 4.22. The zero-order valence-electron chi connectivity index (χ0n) is 10.7. The standard InChI is InChI=1S/C14H17N3O/c1-10-8-11(2)17-14(16-10)18-13-5-3-4-12(9-13)6-7-15/h3-5,8-9H,6-7,15H2,1-2H3. The highest BCUT2D eigenvalue weighted by Gasteiger charge is 2.03. The molecule has 0 radical (unpaired) electrons. The van der Waals surface area contributed by atoms with Gasteiger partial charge in [-0.25, -0.2) is 9.97 Å². The zero-order valence-corrected chi connectivity index (χ0v) is 10.7. The second kappa shape index (κ2) is 5.60. The molecule has 0 amide bonds. The number of rotatable bonds is 4. The molecule has 1 aromatic carbocycles. The van der Waals surface area contributed by atoms with Gasteiger partial charge < -0.3 is 10.5 Å². The van der Waals surface area contributed by atoms with E-state index < -0.39 is 0 Å². The molecule has 4 heteroatoms. The number of nitrogens with zero attached hydrogens (tertiary/aromatic N) is 2. The minimum absolute atomic E-state index is 0.386. The fourth-order valence-corrected chi connectivity index (χ4v) is 1.78. The first-order chi connectivity index (χ1) is 8.67. The molecule has 0 aliphatic carbocycles. The Balaban J connectivity index is 2.20. The summed E-state index contributed by atoms with van der Waals surface area (Å²) in [6, 6.07) is 10.1. The van der Waals surface area contributed by atoms with Crippen molar-refractivity contribution in [3.8, 4) is 11.8 Å². The zero-order chi connectivity index (χ0) is 13.0. The molecule has 0 spiro atoms. The number of nitrogens with two attached hydrogens (primary N) is 1. The van der Waals surface area contributed by atoms with Crippen LogP contribution in [0.3, 0.4) is 0 Å². The third-order valence-corrected chi connectivity index (χ3v) is 2.50. The molecular formula is C14H17N3O. The second-order valence-electron chi connectivity index (χ2n) is 4.22. The quantitative estimate of drug-likeness (QED) is 0.895. The van der Waals surface area contributed by atoms with Gasteiger partial charge in [0, 0.05) is 11.4 Å². The Morgan fingerprint density at radius 2 is 1.83 bits per heavy atom. The van der Waals surface area contributed by atoms with Crippen molar-refractivity contribution >= 4 is 0 Å². The summed E-state index contributed by atoms with van der Waals surface area (Å²) >= 11 is 0. The van der Waals surface area contributed by atoms with E-state index in [1.807, 2.05) is 44.2 Å². The molecule has 2 rings (SSSR count). The van der Waals surface area contributed by atoms with Crippen LogP contribution in [0.2, 0.25) is 0 Å². The maximum absolute atomic E-state index is 5.66. The highest BCUT2D eigenvalue weighted by Crippen LogP contribution is 2.19. The summed E-state index contributed by atoms with van der Waals surface area (Å²) in [6.45, 7) is 4.47. The Hall–Kier alpha value is -1.94. The lowest BCUT2D eigenvalue weighted by molar-refractivity contribution is 0.438. The lowest BCUT2D eigenvalue weighted by atomic mass is 10.1. The number of hydrogen-bond acceptors (Lipinski definition) is 4. The van der Waals surface area contributed by atoms with Gasteiger partial charge in [0.1, 0.15) is 5.75 Å². The van der Waals surface area contributed by atoms with Crippen molar-refractivity contribution in [2.45, 2.75) is 20.3 Å². The first-order valence-corrected chi connectivity index (χ1v) is 5.96. The van der Waals surface area contributed by atoms with E-state index in [1.54, 1.807) is 0 Å². The molecular weight excluding hydrogens is 226 g/mol. The van der Waals surface area contributed by atoms with Gasteiger partial charge in [0.15, 0.2) is 0 Å². The molecule has 0 unspecified atom stereocenters. The SMILES string of the molecule is Cc1cc(C)nc(Oc2cccc(CCN)c2)n1. The minimum Gasteiger partial charge on any atom is -0.424 e. The van der Waals surface area contributed by atoms with Gasteiger partial charge >= 0.3 is 6.01 Å². The first kappa shape index (κ1) is 12.5. The minimum atomic E-state index is 0.386. The van der Waals surface area contributed by atoms with Crippen LogP contribution in [0.4, 0.5) is 0 Å². The summed E-state index contributed by atoms with van der Waals surface area (Å²) in [5.74, 6) is 0.742. The van der Waals surface area contributed by atoms with E-state index in [0.29, 0.717) is 12.6 Å². The molecule has 2 aromatic rings. The highest BCUT2D eigenvalue weighted by atomic mass is 16.5. The highest BCUT2D eigenvalue weighted by molar-refractivity contribution is 5.30. The first-order valence-electron chi connectivity index (χ1n) is 5.96. The van der Waals surface area contributed by atoms with Gasteiger partial charge in [0.2, 0.25) is 0 Å². The van der Waals surface area contributed by atoms with Gasteiger partial charge in [0.25, 0.3) is 0 Å². The molecule has 0 aliphatic heterocycles. The fourth-order valence-electron chi connectivity index (χ4n) is 1.78. The molecule has 18 heavy (non-hydrogen) atoms. The molecule has 94 valence electrons. The third kappa shape index (κ3) is 3.28. The molecule has 0 saturated carbocycles. The Kier molecular flexibility index (Phi) is 3.89. The summed E-state index contributed by atoms with van der Waals surface area (Å²) in [6.07, 6.45) is 0.838. The summed E-state index contributed by atoms with van der Waals surface area (Å²) in [4.78, 5) is 8.49. The van der Waals surface area contributed by atoms with Gasteiger partial charge in [-0.2, -0.15) is 0 Å². The van der Waals surface area contributed by atoms with Crippen LogP contribution < -0.4 is 10.5 Å². The monoisotopic (exact) mass is 243 g/mol. The number of aromatic nitrogens is 2. The Morgan fingerprint density at radius 1 is 1.11 bits per heavy atom. The van der Waals surface area contributed by atoms with E-state index in [0.717, 1.165) is 29.1 Å². The van der Waals surface area contributed by atoms with Crippen molar-refractivity contribution in [3.63, 3.8) is 0 Å². The molecule has 0 saturated heterocycles. The third-order valence-electron chi connectivity index (χ3n) is 2.50. The molecule has 2 N–H and O–H groups in total. The van der Waals surface area contributed by atoms with Crippen LogP contribution in [0.5, 0.6) is 11.8 Å². The molecule has 0 atom stereocenters. The van der Waals surface area contributed by atoms with Crippen molar-refractivity contribution in [3.05, 3.63) is 47.3 Å². The van der Waals surface area contributed by atoms with Gasteiger partial charge in [-0.1, -0.05) is 12.1 Å².